The van der Waals surface area contributed by atoms with Crippen LogP contribution in [0.5, 0.6) is 0 Å². The van der Waals surface area contributed by atoms with E-state index in [1.165, 1.54) is 24.3 Å². The summed E-state index contributed by atoms with van der Waals surface area (Å²) in [6.45, 7) is 4.37. The number of rotatable bonds is 6. The zero-order chi connectivity index (χ0) is 15.5. The molecule has 2 rings (SSSR count). The summed E-state index contributed by atoms with van der Waals surface area (Å²) in [6, 6.07) is 8.73. The van der Waals surface area contributed by atoms with Crippen molar-refractivity contribution in [1.29, 1.82) is 0 Å². The van der Waals surface area contributed by atoms with Crippen molar-refractivity contribution in [2.75, 3.05) is 4.72 Å². The lowest BCUT2D eigenvalue weighted by Gasteiger charge is -2.07. The number of hydrogen-bond donors (Lipinski definition) is 2. The lowest BCUT2D eigenvalue weighted by Crippen LogP contribution is -2.21. The van der Waals surface area contributed by atoms with E-state index in [1.807, 2.05) is 13.8 Å². The van der Waals surface area contributed by atoms with E-state index in [-0.39, 0.29) is 16.8 Å². The fourth-order valence-corrected chi connectivity index (χ4v) is 2.66. The summed E-state index contributed by atoms with van der Waals surface area (Å²) in [7, 11) is -3.94. The van der Waals surface area contributed by atoms with Crippen molar-refractivity contribution in [2.24, 2.45) is 0 Å². The molecule has 5 nitrogen and oxygen atoms in total. The molecule has 0 saturated carbocycles. The Labute approximate surface area is 123 Å². The molecular weight excluding hydrogens is 295 g/mol. The third-order valence-corrected chi connectivity index (χ3v) is 3.94. The molecule has 0 bridgehead atoms. The van der Waals surface area contributed by atoms with E-state index in [2.05, 4.69) is 10.0 Å². The molecule has 2 aromatic rings. The molecular formula is C14H17FN2O3S. The van der Waals surface area contributed by atoms with Crippen LogP contribution >= 0.6 is 0 Å². The molecule has 0 unspecified atom stereocenters. The van der Waals surface area contributed by atoms with Crippen molar-refractivity contribution in [1.82, 2.24) is 5.32 Å². The quantitative estimate of drug-likeness (QED) is 0.860. The minimum atomic E-state index is -3.94. The van der Waals surface area contributed by atoms with Crippen LogP contribution in [0.4, 0.5) is 10.1 Å². The van der Waals surface area contributed by atoms with Crippen LogP contribution in [0.2, 0.25) is 0 Å². The average molecular weight is 312 g/mol. The van der Waals surface area contributed by atoms with Crippen LogP contribution < -0.4 is 10.0 Å². The van der Waals surface area contributed by atoms with Gasteiger partial charge >= 0.3 is 0 Å². The monoisotopic (exact) mass is 312 g/mol. The van der Waals surface area contributed by atoms with Gasteiger partial charge < -0.3 is 9.73 Å². The summed E-state index contributed by atoms with van der Waals surface area (Å²) in [5, 5.41) is 2.87. The van der Waals surface area contributed by atoms with Crippen LogP contribution in [-0.4, -0.2) is 14.5 Å². The second-order valence-electron chi connectivity index (χ2n) is 4.84. The van der Waals surface area contributed by atoms with Gasteiger partial charge in [0.25, 0.3) is 10.0 Å². The van der Waals surface area contributed by atoms with Crippen LogP contribution in [0.1, 0.15) is 19.6 Å². The molecule has 1 aromatic heterocycles. The Morgan fingerprint density at radius 3 is 2.57 bits per heavy atom. The van der Waals surface area contributed by atoms with Crippen molar-refractivity contribution in [2.45, 2.75) is 31.5 Å². The number of para-hydroxylation sites is 1. The molecule has 0 atom stereocenters. The molecule has 2 N–H and O–H groups in total. The number of hydrogen-bond acceptors (Lipinski definition) is 4. The van der Waals surface area contributed by atoms with Crippen molar-refractivity contribution in [3.8, 4) is 0 Å². The Balaban J connectivity index is 2.15. The van der Waals surface area contributed by atoms with Gasteiger partial charge in [-0.3, -0.25) is 4.72 Å². The molecule has 114 valence electrons. The van der Waals surface area contributed by atoms with Gasteiger partial charge in [0.15, 0.2) is 0 Å². The van der Waals surface area contributed by atoms with Gasteiger partial charge in [-0.15, -0.1) is 0 Å². The summed E-state index contributed by atoms with van der Waals surface area (Å²) in [4.78, 5) is 0. The number of furan rings is 1. The first-order valence-corrected chi connectivity index (χ1v) is 7.96. The van der Waals surface area contributed by atoms with Crippen molar-refractivity contribution in [3.63, 3.8) is 0 Å². The highest BCUT2D eigenvalue weighted by Gasteiger charge is 2.20. The van der Waals surface area contributed by atoms with E-state index in [9.17, 15) is 12.8 Å². The van der Waals surface area contributed by atoms with Crippen molar-refractivity contribution < 1.29 is 17.2 Å². The summed E-state index contributed by atoms with van der Waals surface area (Å²) in [5.74, 6) is -0.146. The van der Waals surface area contributed by atoms with E-state index < -0.39 is 15.8 Å². The van der Waals surface area contributed by atoms with Gasteiger partial charge in [0, 0.05) is 6.04 Å². The van der Waals surface area contributed by atoms with E-state index in [4.69, 9.17) is 4.42 Å². The van der Waals surface area contributed by atoms with Crippen LogP contribution in [0.15, 0.2) is 45.9 Å². The number of halogens is 1. The summed E-state index contributed by atoms with van der Waals surface area (Å²) in [6.07, 6.45) is 0. The first-order valence-electron chi connectivity index (χ1n) is 6.48. The third-order valence-electron chi connectivity index (χ3n) is 2.70. The average Bonchev–Trinajstić information content (AvgIpc) is 2.88. The zero-order valence-corrected chi connectivity index (χ0v) is 12.6. The Morgan fingerprint density at radius 2 is 1.90 bits per heavy atom. The van der Waals surface area contributed by atoms with Crippen molar-refractivity contribution >= 4 is 15.7 Å². The van der Waals surface area contributed by atoms with Crippen molar-refractivity contribution in [3.05, 3.63) is 48.0 Å². The predicted octanol–water partition coefficient (Wildman–Crippen LogP) is 2.72. The Bertz CT molecular complexity index is 711. The van der Waals surface area contributed by atoms with Gasteiger partial charge in [-0.1, -0.05) is 26.0 Å². The molecule has 0 aliphatic carbocycles. The number of nitrogens with one attached hydrogen (secondary N) is 2. The highest BCUT2D eigenvalue weighted by Crippen LogP contribution is 2.20. The highest BCUT2D eigenvalue weighted by molar-refractivity contribution is 7.92. The minimum Gasteiger partial charge on any atom is -0.446 e. The molecule has 0 spiro atoms. The third kappa shape index (κ3) is 4.05. The second-order valence-corrected chi connectivity index (χ2v) is 6.46. The minimum absolute atomic E-state index is 0.115. The SMILES string of the molecule is CC(C)NCc1ccc(S(=O)(=O)Nc2ccccc2F)o1. The molecule has 0 fully saturated rings. The predicted molar refractivity (Wildman–Crippen MR) is 77.9 cm³/mol. The Morgan fingerprint density at radius 1 is 1.19 bits per heavy atom. The van der Waals surface area contributed by atoms with Gasteiger partial charge in [-0.25, -0.2) is 4.39 Å². The molecule has 1 heterocycles. The molecule has 1 aromatic carbocycles. The fraction of sp³-hybridized carbons (Fsp3) is 0.286. The first kappa shape index (κ1) is 15.5. The van der Waals surface area contributed by atoms with E-state index >= 15 is 0 Å². The fourth-order valence-electron chi connectivity index (χ4n) is 1.64. The largest absolute Gasteiger partial charge is 0.446 e. The van der Waals surface area contributed by atoms with Gasteiger partial charge in [0.1, 0.15) is 11.6 Å². The Hall–Kier alpha value is -1.86. The van der Waals surface area contributed by atoms with E-state index in [0.717, 1.165) is 0 Å². The number of benzene rings is 1. The lowest BCUT2D eigenvalue weighted by atomic mass is 10.3. The van der Waals surface area contributed by atoms with E-state index in [0.29, 0.717) is 12.3 Å². The molecule has 21 heavy (non-hydrogen) atoms. The molecule has 0 aliphatic heterocycles. The maximum atomic E-state index is 13.5. The smallest absolute Gasteiger partial charge is 0.295 e. The molecule has 0 saturated heterocycles. The normalized spacial score (nSPS) is 11.8. The summed E-state index contributed by atoms with van der Waals surface area (Å²) >= 11 is 0. The molecule has 7 heteroatoms. The summed E-state index contributed by atoms with van der Waals surface area (Å²) in [5.41, 5.74) is -0.115. The topological polar surface area (TPSA) is 71.3 Å². The number of anilines is 1. The highest BCUT2D eigenvalue weighted by atomic mass is 32.2. The summed E-state index contributed by atoms with van der Waals surface area (Å²) < 4.78 is 45.1. The Kier molecular flexibility index (Phi) is 4.64. The standard InChI is InChI=1S/C14H17FN2O3S/c1-10(2)16-9-11-7-8-14(20-11)21(18,19)17-13-6-4-3-5-12(13)15/h3-8,10,16-17H,9H2,1-2H3. The maximum Gasteiger partial charge on any atom is 0.295 e. The van der Waals surface area contributed by atoms with Crippen LogP contribution in [0.25, 0.3) is 0 Å². The van der Waals surface area contributed by atoms with E-state index in [1.54, 1.807) is 12.1 Å². The second kappa shape index (κ2) is 6.28. The molecule has 0 radical (unpaired) electrons. The van der Waals surface area contributed by atoms with Crippen LogP contribution in [-0.2, 0) is 16.6 Å². The maximum absolute atomic E-state index is 13.5. The molecule has 0 amide bonds. The lowest BCUT2D eigenvalue weighted by molar-refractivity contribution is 0.396. The number of sulfonamides is 1. The first-order chi connectivity index (χ1) is 9.88. The molecule has 0 aliphatic rings. The van der Waals surface area contributed by atoms with Crippen LogP contribution in [0, 0.1) is 5.82 Å². The van der Waals surface area contributed by atoms with Gasteiger partial charge in [0.05, 0.1) is 12.2 Å². The van der Waals surface area contributed by atoms with Gasteiger partial charge in [-0.2, -0.15) is 8.42 Å². The van der Waals surface area contributed by atoms with Crippen LogP contribution in [0.3, 0.4) is 0 Å². The zero-order valence-electron chi connectivity index (χ0n) is 11.8. The van der Waals surface area contributed by atoms with Gasteiger partial charge in [0.2, 0.25) is 5.09 Å². The van der Waals surface area contributed by atoms with Gasteiger partial charge in [-0.05, 0) is 24.3 Å².